The average molecular weight is 275 g/mol. The molecule has 0 saturated carbocycles. The molecule has 3 rings (SSSR count). The molecule has 1 aliphatic heterocycles. The second-order valence-corrected chi connectivity index (χ2v) is 4.54. The topological polar surface area (TPSA) is 80.5 Å². The van der Waals surface area contributed by atoms with Crippen molar-refractivity contribution in [3.8, 4) is 11.4 Å². The number of rotatable bonds is 3. The summed E-state index contributed by atoms with van der Waals surface area (Å²) in [5.74, 6) is 0.848. The lowest BCUT2D eigenvalue weighted by molar-refractivity contribution is 0.294. The maximum Gasteiger partial charge on any atom is 0.248 e. The Kier molecular flexibility index (Phi) is 3.32. The summed E-state index contributed by atoms with van der Waals surface area (Å²) in [6, 6.07) is 6.03. The minimum Gasteiger partial charge on any atom is -0.370 e. The van der Waals surface area contributed by atoms with Crippen LogP contribution in [0.1, 0.15) is 12.3 Å². The van der Waals surface area contributed by atoms with Crippen LogP contribution >= 0.6 is 0 Å². The number of hydrogen-bond donors (Lipinski definition) is 1. The van der Waals surface area contributed by atoms with Crippen molar-refractivity contribution in [1.29, 1.82) is 0 Å². The van der Waals surface area contributed by atoms with E-state index >= 15 is 0 Å². The van der Waals surface area contributed by atoms with Crippen LogP contribution in [0.15, 0.2) is 33.8 Å². The van der Waals surface area contributed by atoms with Crippen LogP contribution < -0.4 is 5.73 Å². The normalized spacial score (nSPS) is 15.2. The van der Waals surface area contributed by atoms with Crippen LogP contribution in [0, 0.1) is 5.82 Å². The fourth-order valence-corrected chi connectivity index (χ4v) is 1.86. The highest BCUT2D eigenvalue weighted by Crippen LogP contribution is 2.17. The van der Waals surface area contributed by atoms with Crippen molar-refractivity contribution in [3.63, 3.8) is 0 Å². The van der Waals surface area contributed by atoms with Gasteiger partial charge in [-0.15, -0.1) is 0 Å². The smallest absolute Gasteiger partial charge is 0.248 e. The molecule has 1 aromatic carbocycles. The van der Waals surface area contributed by atoms with Crippen molar-refractivity contribution in [1.82, 2.24) is 15.0 Å². The molecule has 104 valence electrons. The summed E-state index contributed by atoms with van der Waals surface area (Å²) in [6.45, 7) is 2.10. The Labute approximate surface area is 115 Å². The van der Waals surface area contributed by atoms with E-state index in [0.29, 0.717) is 23.2 Å². The Morgan fingerprint density at radius 1 is 1.45 bits per heavy atom. The van der Waals surface area contributed by atoms with E-state index in [9.17, 15) is 4.39 Å². The van der Waals surface area contributed by atoms with Crippen LogP contribution in [-0.4, -0.2) is 34.1 Å². The number of halogens is 1. The van der Waals surface area contributed by atoms with E-state index in [1.165, 1.54) is 12.1 Å². The lowest BCUT2D eigenvalue weighted by Gasteiger charge is -2.31. The molecule has 6 nitrogen and oxygen atoms in total. The summed E-state index contributed by atoms with van der Waals surface area (Å²) >= 11 is 0. The fraction of sp³-hybridized carbons (Fsp3) is 0.308. The van der Waals surface area contributed by atoms with E-state index in [-0.39, 0.29) is 12.4 Å². The number of nitrogens with two attached hydrogens (primary N) is 1. The first-order chi connectivity index (χ1) is 9.72. The highest BCUT2D eigenvalue weighted by molar-refractivity contribution is 5.78. The molecule has 1 saturated heterocycles. The SMILES string of the molecule is NC(=NCc1nc(-c2cccc(F)c2)no1)N1CCC1. The molecular weight excluding hydrogens is 261 g/mol. The molecule has 0 aliphatic carbocycles. The number of hydrogen-bond acceptors (Lipinski definition) is 4. The number of likely N-dealkylation sites (tertiary alicyclic amines) is 1. The van der Waals surface area contributed by atoms with Gasteiger partial charge in [-0.3, -0.25) is 0 Å². The first kappa shape index (κ1) is 12.6. The van der Waals surface area contributed by atoms with Crippen molar-refractivity contribution in [2.24, 2.45) is 10.7 Å². The second-order valence-electron chi connectivity index (χ2n) is 4.54. The number of aromatic nitrogens is 2. The van der Waals surface area contributed by atoms with E-state index < -0.39 is 0 Å². The monoisotopic (exact) mass is 275 g/mol. The third-order valence-electron chi connectivity index (χ3n) is 3.11. The maximum absolute atomic E-state index is 13.1. The number of benzene rings is 1. The van der Waals surface area contributed by atoms with Crippen molar-refractivity contribution < 1.29 is 8.91 Å². The Morgan fingerprint density at radius 3 is 3.00 bits per heavy atom. The number of guanidine groups is 1. The summed E-state index contributed by atoms with van der Waals surface area (Å²) in [5, 5.41) is 3.81. The van der Waals surface area contributed by atoms with Crippen LogP contribution in [0.4, 0.5) is 4.39 Å². The van der Waals surface area contributed by atoms with Gasteiger partial charge in [-0.2, -0.15) is 4.98 Å². The Balaban J connectivity index is 1.70. The van der Waals surface area contributed by atoms with Gasteiger partial charge in [0.2, 0.25) is 11.7 Å². The van der Waals surface area contributed by atoms with Gasteiger partial charge in [0, 0.05) is 18.7 Å². The standard InChI is InChI=1S/C13H14FN5O/c14-10-4-1-3-9(7-10)12-17-11(20-18-12)8-16-13(15)19-5-2-6-19/h1,3-4,7H,2,5-6,8H2,(H2,15,16). The summed E-state index contributed by atoms with van der Waals surface area (Å²) in [4.78, 5) is 10.3. The van der Waals surface area contributed by atoms with Gasteiger partial charge < -0.3 is 15.2 Å². The molecule has 1 fully saturated rings. The molecular formula is C13H14FN5O. The molecule has 0 atom stereocenters. The second kappa shape index (κ2) is 5.28. The fourth-order valence-electron chi connectivity index (χ4n) is 1.86. The highest BCUT2D eigenvalue weighted by atomic mass is 19.1. The minimum atomic E-state index is -0.339. The number of nitrogens with zero attached hydrogens (tertiary/aromatic N) is 4. The molecule has 0 bridgehead atoms. The van der Waals surface area contributed by atoms with Crippen LogP contribution in [-0.2, 0) is 6.54 Å². The van der Waals surface area contributed by atoms with E-state index in [2.05, 4.69) is 15.1 Å². The van der Waals surface area contributed by atoms with Crippen LogP contribution in [0.25, 0.3) is 11.4 Å². The minimum absolute atomic E-state index is 0.227. The quantitative estimate of drug-likeness (QED) is 0.676. The van der Waals surface area contributed by atoms with E-state index in [0.717, 1.165) is 19.5 Å². The predicted molar refractivity (Wildman–Crippen MR) is 71.2 cm³/mol. The zero-order chi connectivity index (χ0) is 13.9. The van der Waals surface area contributed by atoms with Crippen molar-refractivity contribution in [2.75, 3.05) is 13.1 Å². The van der Waals surface area contributed by atoms with Crippen molar-refractivity contribution in [2.45, 2.75) is 13.0 Å². The number of aliphatic imine (C=N–C) groups is 1. The molecule has 2 aromatic rings. The summed E-state index contributed by atoms with van der Waals surface area (Å²) in [6.07, 6.45) is 1.14. The molecule has 1 aromatic heterocycles. The van der Waals surface area contributed by atoms with Gasteiger partial charge >= 0.3 is 0 Å². The average Bonchev–Trinajstić information content (AvgIpc) is 2.83. The Morgan fingerprint density at radius 2 is 2.30 bits per heavy atom. The molecule has 2 N–H and O–H groups in total. The highest BCUT2D eigenvalue weighted by Gasteiger charge is 2.16. The molecule has 0 spiro atoms. The lowest BCUT2D eigenvalue weighted by atomic mass is 10.2. The summed E-state index contributed by atoms with van der Waals surface area (Å²) < 4.78 is 18.2. The largest absolute Gasteiger partial charge is 0.370 e. The van der Waals surface area contributed by atoms with Gasteiger partial charge in [0.15, 0.2) is 5.96 Å². The molecule has 7 heteroatoms. The summed E-state index contributed by atoms with van der Waals surface area (Å²) in [5.41, 5.74) is 6.37. The van der Waals surface area contributed by atoms with E-state index in [1.807, 2.05) is 4.90 Å². The van der Waals surface area contributed by atoms with Gasteiger partial charge in [-0.25, -0.2) is 9.38 Å². The molecule has 20 heavy (non-hydrogen) atoms. The Hall–Kier alpha value is -2.44. The van der Waals surface area contributed by atoms with Crippen LogP contribution in [0.5, 0.6) is 0 Å². The van der Waals surface area contributed by atoms with Crippen LogP contribution in [0.2, 0.25) is 0 Å². The van der Waals surface area contributed by atoms with Crippen molar-refractivity contribution in [3.05, 3.63) is 36.0 Å². The van der Waals surface area contributed by atoms with Gasteiger partial charge in [-0.1, -0.05) is 17.3 Å². The molecule has 2 heterocycles. The summed E-state index contributed by atoms with van der Waals surface area (Å²) in [7, 11) is 0. The zero-order valence-electron chi connectivity index (χ0n) is 10.8. The lowest BCUT2D eigenvalue weighted by Crippen LogP contribution is -2.46. The first-order valence-electron chi connectivity index (χ1n) is 6.36. The third-order valence-corrected chi connectivity index (χ3v) is 3.11. The van der Waals surface area contributed by atoms with Crippen LogP contribution in [0.3, 0.4) is 0 Å². The van der Waals surface area contributed by atoms with Crippen molar-refractivity contribution >= 4 is 5.96 Å². The van der Waals surface area contributed by atoms with Gasteiger partial charge in [-0.05, 0) is 18.6 Å². The predicted octanol–water partition coefficient (Wildman–Crippen LogP) is 1.40. The first-order valence-corrected chi connectivity index (χ1v) is 6.36. The van der Waals surface area contributed by atoms with Gasteiger partial charge in [0.25, 0.3) is 0 Å². The molecule has 0 unspecified atom stereocenters. The van der Waals surface area contributed by atoms with Gasteiger partial charge in [0.05, 0.1) is 0 Å². The zero-order valence-corrected chi connectivity index (χ0v) is 10.8. The Bertz CT molecular complexity index is 635. The molecule has 1 aliphatic rings. The molecule has 0 radical (unpaired) electrons. The maximum atomic E-state index is 13.1. The van der Waals surface area contributed by atoms with Gasteiger partial charge in [0.1, 0.15) is 12.4 Å². The molecule has 0 amide bonds. The van der Waals surface area contributed by atoms with E-state index in [4.69, 9.17) is 10.3 Å². The third kappa shape index (κ3) is 2.61. The van der Waals surface area contributed by atoms with E-state index in [1.54, 1.807) is 12.1 Å².